The number of rotatable bonds is 3. The lowest BCUT2D eigenvalue weighted by atomic mass is 9.45. The molecular formula is C17H24S. The monoisotopic (exact) mass is 260 g/mol. The van der Waals surface area contributed by atoms with Gasteiger partial charge in [-0.1, -0.05) is 44.2 Å². The Morgan fingerprint density at radius 1 is 1.22 bits per heavy atom. The fourth-order valence-electron chi connectivity index (χ4n) is 4.34. The smallest absolute Gasteiger partial charge is 0.0269 e. The molecule has 1 aromatic carbocycles. The normalized spacial score (nSPS) is 34.7. The Labute approximate surface area is 117 Å². The van der Waals surface area contributed by atoms with Crippen LogP contribution >= 0.6 is 12.6 Å². The van der Waals surface area contributed by atoms with E-state index in [0.717, 1.165) is 17.8 Å². The zero-order valence-corrected chi connectivity index (χ0v) is 12.4. The summed E-state index contributed by atoms with van der Waals surface area (Å²) >= 11 is 4.84. The molecule has 1 aromatic rings. The fourth-order valence-corrected chi connectivity index (χ4v) is 4.79. The van der Waals surface area contributed by atoms with E-state index in [4.69, 9.17) is 12.6 Å². The van der Waals surface area contributed by atoms with Crippen LogP contribution in [0.2, 0.25) is 0 Å². The van der Waals surface area contributed by atoms with E-state index in [9.17, 15) is 0 Å². The molecule has 0 amide bonds. The standard InChI is InChI=1S/C17H24S/c1-17(2)14-9-8-13(15(17)11-14)10-16(18)12-6-4-3-5-7-12/h3-7,13-16,18H,8-11H2,1-2H3. The SMILES string of the molecule is CC1(C)C2CCC(CC(S)c3ccccc3)C1C2. The van der Waals surface area contributed by atoms with Crippen molar-refractivity contribution in [3.8, 4) is 0 Å². The van der Waals surface area contributed by atoms with E-state index in [2.05, 4.69) is 44.2 Å². The summed E-state index contributed by atoms with van der Waals surface area (Å²) in [4.78, 5) is 0. The van der Waals surface area contributed by atoms with Gasteiger partial charge in [-0.05, 0) is 54.4 Å². The first-order chi connectivity index (χ1) is 8.59. The highest BCUT2D eigenvalue weighted by Crippen LogP contribution is 2.62. The molecule has 0 radical (unpaired) electrons. The van der Waals surface area contributed by atoms with Crippen LogP contribution in [0.3, 0.4) is 0 Å². The highest BCUT2D eigenvalue weighted by molar-refractivity contribution is 7.80. The van der Waals surface area contributed by atoms with Crippen LogP contribution in [0.5, 0.6) is 0 Å². The molecule has 3 fully saturated rings. The Balaban J connectivity index is 1.67. The van der Waals surface area contributed by atoms with Crippen molar-refractivity contribution >= 4 is 12.6 Å². The van der Waals surface area contributed by atoms with Crippen LogP contribution in [0.25, 0.3) is 0 Å². The predicted molar refractivity (Wildman–Crippen MR) is 80.9 cm³/mol. The molecule has 1 heteroatoms. The quantitative estimate of drug-likeness (QED) is 0.716. The molecule has 0 nitrogen and oxygen atoms in total. The average molecular weight is 260 g/mol. The summed E-state index contributed by atoms with van der Waals surface area (Å²) in [6.45, 7) is 4.96. The number of benzene rings is 1. The Morgan fingerprint density at radius 2 is 1.94 bits per heavy atom. The minimum absolute atomic E-state index is 0.421. The van der Waals surface area contributed by atoms with Crippen molar-refractivity contribution in [3.63, 3.8) is 0 Å². The van der Waals surface area contributed by atoms with Gasteiger partial charge < -0.3 is 0 Å². The van der Waals surface area contributed by atoms with Gasteiger partial charge in [0, 0.05) is 5.25 Å². The van der Waals surface area contributed by atoms with E-state index >= 15 is 0 Å². The molecule has 3 aliphatic rings. The molecule has 2 bridgehead atoms. The van der Waals surface area contributed by atoms with Crippen LogP contribution in [-0.4, -0.2) is 0 Å². The van der Waals surface area contributed by atoms with Crippen LogP contribution in [0.15, 0.2) is 30.3 Å². The van der Waals surface area contributed by atoms with E-state index in [1.54, 1.807) is 0 Å². The van der Waals surface area contributed by atoms with Crippen LogP contribution in [0, 0.1) is 23.2 Å². The van der Waals surface area contributed by atoms with Crippen molar-refractivity contribution < 1.29 is 0 Å². The Hall–Kier alpha value is -0.430. The van der Waals surface area contributed by atoms with Gasteiger partial charge in [-0.25, -0.2) is 0 Å². The van der Waals surface area contributed by atoms with E-state index in [1.165, 1.54) is 31.2 Å². The van der Waals surface area contributed by atoms with Gasteiger partial charge in [-0.3, -0.25) is 0 Å². The number of hydrogen-bond donors (Lipinski definition) is 1. The third kappa shape index (κ3) is 2.01. The summed E-state index contributed by atoms with van der Waals surface area (Å²) in [5.41, 5.74) is 1.99. The topological polar surface area (TPSA) is 0 Å². The first-order valence-electron chi connectivity index (χ1n) is 7.32. The first kappa shape index (κ1) is 12.6. The molecule has 18 heavy (non-hydrogen) atoms. The van der Waals surface area contributed by atoms with Crippen molar-refractivity contribution in [2.75, 3.05) is 0 Å². The molecule has 4 rings (SSSR count). The maximum Gasteiger partial charge on any atom is 0.0269 e. The highest BCUT2D eigenvalue weighted by atomic mass is 32.1. The maximum atomic E-state index is 4.84. The summed E-state index contributed by atoms with van der Waals surface area (Å²) in [5.74, 6) is 2.86. The molecule has 4 atom stereocenters. The summed E-state index contributed by atoms with van der Waals surface area (Å²) in [6.07, 6.45) is 5.62. The van der Waals surface area contributed by atoms with Crippen molar-refractivity contribution in [1.82, 2.24) is 0 Å². The van der Waals surface area contributed by atoms with Gasteiger partial charge in [-0.2, -0.15) is 12.6 Å². The van der Waals surface area contributed by atoms with Gasteiger partial charge in [0.2, 0.25) is 0 Å². The number of fused-ring (bicyclic) bond motifs is 2. The third-order valence-corrected chi connectivity index (χ3v) is 6.22. The van der Waals surface area contributed by atoms with Crippen LogP contribution in [-0.2, 0) is 0 Å². The van der Waals surface area contributed by atoms with Crippen molar-refractivity contribution in [2.24, 2.45) is 23.2 Å². The predicted octanol–water partition coefficient (Wildman–Crippen LogP) is 5.12. The summed E-state index contributed by atoms with van der Waals surface area (Å²) < 4.78 is 0. The molecule has 0 aromatic heterocycles. The zero-order chi connectivity index (χ0) is 12.8. The minimum atomic E-state index is 0.421. The van der Waals surface area contributed by atoms with Gasteiger partial charge in [-0.15, -0.1) is 0 Å². The largest absolute Gasteiger partial charge is 0.171 e. The summed E-state index contributed by atoms with van der Waals surface area (Å²) in [5, 5.41) is 0.421. The van der Waals surface area contributed by atoms with Gasteiger partial charge in [0.25, 0.3) is 0 Å². The molecule has 0 saturated heterocycles. The molecule has 0 N–H and O–H groups in total. The lowest BCUT2D eigenvalue weighted by Gasteiger charge is -2.60. The molecule has 98 valence electrons. The molecular weight excluding hydrogens is 236 g/mol. The zero-order valence-electron chi connectivity index (χ0n) is 11.5. The van der Waals surface area contributed by atoms with Crippen LogP contribution in [0.1, 0.15) is 50.3 Å². The molecule has 4 unspecified atom stereocenters. The second-order valence-corrected chi connectivity index (χ2v) is 7.48. The lowest BCUT2D eigenvalue weighted by Crippen LogP contribution is -2.52. The minimum Gasteiger partial charge on any atom is -0.171 e. The van der Waals surface area contributed by atoms with E-state index < -0.39 is 0 Å². The first-order valence-corrected chi connectivity index (χ1v) is 7.83. The third-order valence-electron chi connectivity index (χ3n) is 5.71. The van der Waals surface area contributed by atoms with Gasteiger partial charge in [0.1, 0.15) is 0 Å². The second kappa shape index (κ2) is 4.59. The van der Waals surface area contributed by atoms with Crippen molar-refractivity contribution in [1.29, 1.82) is 0 Å². The van der Waals surface area contributed by atoms with Gasteiger partial charge >= 0.3 is 0 Å². The number of thiol groups is 1. The molecule has 0 heterocycles. The highest BCUT2D eigenvalue weighted by Gasteiger charge is 2.54. The lowest BCUT2D eigenvalue weighted by molar-refractivity contribution is -0.106. The van der Waals surface area contributed by atoms with Crippen molar-refractivity contribution in [3.05, 3.63) is 35.9 Å². The molecule has 3 aliphatic carbocycles. The molecule has 3 saturated carbocycles. The summed E-state index contributed by atoms with van der Waals surface area (Å²) in [7, 11) is 0. The fraction of sp³-hybridized carbons (Fsp3) is 0.647. The van der Waals surface area contributed by atoms with E-state index in [-0.39, 0.29) is 0 Å². The Kier molecular flexibility index (Phi) is 3.21. The van der Waals surface area contributed by atoms with E-state index in [0.29, 0.717) is 10.7 Å². The van der Waals surface area contributed by atoms with Gasteiger partial charge in [0.05, 0.1) is 0 Å². The summed E-state index contributed by atoms with van der Waals surface area (Å²) in [6, 6.07) is 10.8. The maximum absolute atomic E-state index is 4.84. The molecule has 0 spiro atoms. The van der Waals surface area contributed by atoms with Gasteiger partial charge in [0.15, 0.2) is 0 Å². The number of hydrogen-bond acceptors (Lipinski definition) is 1. The van der Waals surface area contributed by atoms with Crippen LogP contribution in [0.4, 0.5) is 0 Å². The molecule has 0 aliphatic heterocycles. The second-order valence-electron chi connectivity index (χ2n) is 6.86. The Morgan fingerprint density at radius 3 is 2.56 bits per heavy atom. The Bertz CT molecular complexity index is 407. The van der Waals surface area contributed by atoms with Crippen molar-refractivity contribution in [2.45, 2.75) is 44.8 Å². The van der Waals surface area contributed by atoms with E-state index in [1.807, 2.05) is 0 Å². The average Bonchev–Trinajstić information content (AvgIpc) is 2.39. The van der Waals surface area contributed by atoms with Crippen LogP contribution < -0.4 is 0 Å².